The lowest BCUT2D eigenvalue weighted by Gasteiger charge is -2.26. The smallest absolute Gasteiger partial charge is 0.237 e. The predicted octanol–water partition coefficient (Wildman–Crippen LogP) is 5.07. The van der Waals surface area contributed by atoms with E-state index in [1.807, 2.05) is 11.9 Å². The molecule has 0 unspecified atom stereocenters. The Morgan fingerprint density at radius 3 is 2.76 bits per heavy atom. The third kappa shape index (κ3) is 5.57. The molecule has 10 heteroatoms. The molecular formula is C27H31ClFN5O3. The molecule has 8 nitrogen and oxygen atoms in total. The van der Waals surface area contributed by atoms with Crippen molar-refractivity contribution in [1.82, 2.24) is 20.2 Å². The van der Waals surface area contributed by atoms with Gasteiger partial charge in [-0.05, 0) is 38.1 Å². The van der Waals surface area contributed by atoms with Gasteiger partial charge in [-0.2, -0.15) is 0 Å². The number of ether oxygens (including phenoxy) is 2. The van der Waals surface area contributed by atoms with Crippen LogP contribution in [0.25, 0.3) is 10.9 Å². The predicted molar refractivity (Wildman–Crippen MR) is 141 cm³/mol. The van der Waals surface area contributed by atoms with Crippen molar-refractivity contribution >= 4 is 39.9 Å². The van der Waals surface area contributed by atoms with Crippen LogP contribution in [0.4, 0.5) is 15.9 Å². The van der Waals surface area contributed by atoms with Crippen LogP contribution in [0.3, 0.4) is 0 Å². The van der Waals surface area contributed by atoms with Crippen molar-refractivity contribution in [3.05, 3.63) is 47.5 Å². The Morgan fingerprint density at radius 1 is 1.16 bits per heavy atom. The number of likely N-dealkylation sites (tertiary alicyclic amines) is 1. The minimum Gasteiger partial charge on any atom is -0.493 e. The normalized spacial score (nSPS) is 20.6. The number of nitrogens with one attached hydrogen (secondary N) is 2. The van der Waals surface area contributed by atoms with Crippen LogP contribution in [0.1, 0.15) is 38.5 Å². The highest BCUT2D eigenvalue weighted by Crippen LogP contribution is 2.37. The minimum atomic E-state index is -0.563. The molecule has 1 aliphatic carbocycles. The highest BCUT2D eigenvalue weighted by Gasteiger charge is 2.37. The number of anilines is 2. The van der Waals surface area contributed by atoms with Gasteiger partial charge in [0.05, 0.1) is 29.4 Å². The molecular weight excluding hydrogens is 497 g/mol. The highest BCUT2D eigenvalue weighted by atomic mass is 35.5. The molecule has 0 radical (unpaired) electrons. The Labute approximate surface area is 220 Å². The van der Waals surface area contributed by atoms with Gasteiger partial charge in [0.15, 0.2) is 17.3 Å². The van der Waals surface area contributed by atoms with Gasteiger partial charge in [0.2, 0.25) is 5.91 Å². The number of nitrogens with zero attached hydrogens (tertiary/aromatic N) is 3. The highest BCUT2D eigenvalue weighted by molar-refractivity contribution is 6.31. The van der Waals surface area contributed by atoms with E-state index in [0.29, 0.717) is 41.2 Å². The maximum absolute atomic E-state index is 14.5. The first-order valence-corrected chi connectivity index (χ1v) is 13.0. The Balaban J connectivity index is 1.35. The first kappa shape index (κ1) is 25.5. The monoisotopic (exact) mass is 527 g/mol. The number of carbonyl (C=O) groups is 1. The average Bonchev–Trinajstić information content (AvgIpc) is 3.27. The second kappa shape index (κ2) is 11.1. The van der Waals surface area contributed by atoms with Crippen LogP contribution in [-0.2, 0) is 4.79 Å². The van der Waals surface area contributed by atoms with Crippen molar-refractivity contribution in [3.63, 3.8) is 0 Å². The first-order chi connectivity index (χ1) is 17.9. The van der Waals surface area contributed by atoms with E-state index in [9.17, 15) is 9.18 Å². The number of amides is 1. The maximum atomic E-state index is 14.5. The molecule has 196 valence electrons. The van der Waals surface area contributed by atoms with Gasteiger partial charge >= 0.3 is 0 Å². The Hall–Kier alpha value is -3.17. The van der Waals surface area contributed by atoms with Gasteiger partial charge in [-0.15, -0.1) is 0 Å². The molecule has 1 aliphatic heterocycles. The summed E-state index contributed by atoms with van der Waals surface area (Å²) in [5, 5.41) is 6.90. The van der Waals surface area contributed by atoms with Crippen LogP contribution in [0.5, 0.6) is 11.5 Å². The van der Waals surface area contributed by atoms with Gasteiger partial charge < -0.3 is 20.1 Å². The Bertz CT molecular complexity index is 1290. The van der Waals surface area contributed by atoms with Gasteiger partial charge in [0, 0.05) is 30.5 Å². The number of likely N-dealkylation sites (N-methyl/N-ethyl adjacent to an activating group) is 1. The second-order valence-electron chi connectivity index (χ2n) is 9.74. The molecule has 37 heavy (non-hydrogen) atoms. The Morgan fingerprint density at radius 2 is 1.97 bits per heavy atom. The summed E-state index contributed by atoms with van der Waals surface area (Å²) in [6.45, 7) is 0.605. The molecule has 2 aliphatic rings. The number of benzene rings is 2. The van der Waals surface area contributed by atoms with Crippen LogP contribution in [0.15, 0.2) is 36.7 Å². The molecule has 1 saturated carbocycles. The molecule has 2 atom stereocenters. The fourth-order valence-corrected chi connectivity index (χ4v) is 5.39. The molecule has 0 spiro atoms. The third-order valence-electron chi connectivity index (χ3n) is 7.18. The van der Waals surface area contributed by atoms with Crippen LogP contribution in [-0.4, -0.2) is 59.7 Å². The molecule has 0 bridgehead atoms. The summed E-state index contributed by atoms with van der Waals surface area (Å²) in [5.41, 5.74) is 0.812. The van der Waals surface area contributed by atoms with Gasteiger partial charge in [0.25, 0.3) is 0 Å². The molecule has 2 aromatic carbocycles. The van der Waals surface area contributed by atoms with E-state index in [2.05, 4.69) is 20.6 Å². The quantitative estimate of drug-likeness (QED) is 0.443. The first-order valence-electron chi connectivity index (χ1n) is 12.6. The lowest BCUT2D eigenvalue weighted by molar-refractivity contribution is -0.126. The molecule has 2 fully saturated rings. The molecule has 5 rings (SSSR count). The van der Waals surface area contributed by atoms with E-state index in [4.69, 9.17) is 21.1 Å². The van der Waals surface area contributed by atoms with Crippen LogP contribution < -0.4 is 20.1 Å². The summed E-state index contributed by atoms with van der Waals surface area (Å²) in [6, 6.07) is 8.30. The molecule has 2 N–H and O–H groups in total. The lowest BCUT2D eigenvalue weighted by atomic mass is 9.95. The number of rotatable bonds is 7. The van der Waals surface area contributed by atoms with E-state index < -0.39 is 5.82 Å². The number of methoxy groups -OCH3 is 1. The van der Waals surface area contributed by atoms with Crippen molar-refractivity contribution in [2.24, 2.45) is 0 Å². The summed E-state index contributed by atoms with van der Waals surface area (Å²) in [5.74, 6) is 0.934. The zero-order chi connectivity index (χ0) is 25.9. The number of halogens is 2. The zero-order valence-corrected chi connectivity index (χ0v) is 21.7. The summed E-state index contributed by atoms with van der Waals surface area (Å²) < 4.78 is 26.5. The number of fused-ring (bicyclic) bond motifs is 1. The Kier molecular flexibility index (Phi) is 7.62. The number of hydrogen-bond donors (Lipinski definition) is 2. The van der Waals surface area contributed by atoms with Crippen molar-refractivity contribution in [1.29, 1.82) is 0 Å². The van der Waals surface area contributed by atoms with E-state index in [0.717, 1.165) is 12.8 Å². The van der Waals surface area contributed by atoms with Crippen LogP contribution in [0, 0.1) is 5.82 Å². The van der Waals surface area contributed by atoms with Crippen molar-refractivity contribution in [2.75, 3.05) is 26.0 Å². The van der Waals surface area contributed by atoms with Crippen molar-refractivity contribution in [2.45, 2.75) is 56.7 Å². The minimum absolute atomic E-state index is 0.0153. The van der Waals surface area contributed by atoms with Gasteiger partial charge in [-0.1, -0.05) is 36.9 Å². The van der Waals surface area contributed by atoms with Gasteiger partial charge in [0.1, 0.15) is 18.2 Å². The average molecular weight is 528 g/mol. The van der Waals surface area contributed by atoms with E-state index in [1.165, 1.54) is 31.7 Å². The topological polar surface area (TPSA) is 88.6 Å². The van der Waals surface area contributed by atoms with Gasteiger partial charge in [-0.25, -0.2) is 14.4 Å². The zero-order valence-electron chi connectivity index (χ0n) is 21.0. The number of aromatic nitrogens is 2. The number of carbonyl (C=O) groups excluding carboxylic acids is 1. The second-order valence-corrected chi connectivity index (χ2v) is 10.2. The van der Waals surface area contributed by atoms with Crippen LogP contribution in [0.2, 0.25) is 5.02 Å². The summed E-state index contributed by atoms with van der Waals surface area (Å²) in [4.78, 5) is 23.7. The molecule has 1 amide bonds. The molecule has 3 aromatic rings. The van der Waals surface area contributed by atoms with Gasteiger partial charge in [-0.3, -0.25) is 9.69 Å². The van der Waals surface area contributed by atoms with Crippen LogP contribution >= 0.6 is 11.6 Å². The fourth-order valence-electron chi connectivity index (χ4n) is 5.21. The van der Waals surface area contributed by atoms with E-state index in [1.54, 1.807) is 31.4 Å². The number of hydrogen-bond acceptors (Lipinski definition) is 7. The molecule has 2 heterocycles. The molecule has 1 saturated heterocycles. The SMILES string of the molecule is COc1cc2ncnc(Nc3cccc(Cl)c3F)c2cc1O[C@@H]1C[C@@H](C(=O)NC2CCCCC2)N(C)C1. The summed E-state index contributed by atoms with van der Waals surface area (Å²) >= 11 is 5.94. The molecule has 1 aromatic heterocycles. The summed E-state index contributed by atoms with van der Waals surface area (Å²) in [6.07, 6.45) is 7.45. The standard InChI is InChI=1S/C27H31ClFN5O3/c1-34-14-17(11-22(34)27(35)32-16-7-4-3-5-8-16)37-24-12-18-21(13-23(24)36-2)30-15-31-26(18)33-20-10-6-9-19(28)25(20)29/h6,9-10,12-13,15-17,22H,3-5,7-8,11,14H2,1-2H3,(H,32,35)(H,30,31,33)/t17-,22+/m1/s1. The third-order valence-corrected chi connectivity index (χ3v) is 7.47. The maximum Gasteiger partial charge on any atom is 0.237 e. The van der Waals surface area contributed by atoms with E-state index >= 15 is 0 Å². The van der Waals surface area contributed by atoms with E-state index in [-0.39, 0.29) is 34.8 Å². The summed E-state index contributed by atoms with van der Waals surface area (Å²) in [7, 11) is 3.51. The largest absolute Gasteiger partial charge is 0.493 e. The lowest BCUT2D eigenvalue weighted by Crippen LogP contribution is -2.46. The fraction of sp³-hybridized carbons (Fsp3) is 0.444. The van der Waals surface area contributed by atoms with Crippen molar-refractivity contribution < 1.29 is 18.7 Å². The van der Waals surface area contributed by atoms with Crippen molar-refractivity contribution in [3.8, 4) is 11.5 Å².